The maximum absolute atomic E-state index is 12.9. The highest BCUT2D eigenvalue weighted by Gasteiger charge is 2.32. The van der Waals surface area contributed by atoms with Crippen molar-refractivity contribution in [2.45, 2.75) is 49.9 Å². The Balaban J connectivity index is 1.82. The van der Waals surface area contributed by atoms with Gasteiger partial charge in [-0.25, -0.2) is 13.2 Å². The Bertz CT molecular complexity index is 1510. The molecule has 2 heterocycles. The Morgan fingerprint density at radius 2 is 1.76 bits per heavy atom. The third kappa shape index (κ3) is 4.01. The summed E-state index contributed by atoms with van der Waals surface area (Å²) in [5.74, 6) is 1.45. The summed E-state index contributed by atoms with van der Waals surface area (Å²) in [5.41, 5.74) is 3.20. The van der Waals surface area contributed by atoms with E-state index >= 15 is 0 Å². The maximum atomic E-state index is 12.9. The molecule has 3 aromatic rings. The van der Waals surface area contributed by atoms with Gasteiger partial charge in [-0.1, -0.05) is 23.8 Å². The number of carbonyl (C=O) groups excluding carboxylic acids is 1. The smallest absolute Gasteiger partial charge is 0.340 e. The van der Waals surface area contributed by atoms with Crippen LogP contribution < -0.4 is 4.18 Å². The van der Waals surface area contributed by atoms with Crippen LogP contribution in [0, 0.1) is 13.8 Å². The Labute approximate surface area is 192 Å². The molecule has 0 spiro atoms. The topological polar surface area (TPSA) is 112 Å². The van der Waals surface area contributed by atoms with Crippen molar-refractivity contribution >= 4 is 25.9 Å². The van der Waals surface area contributed by atoms with Crippen molar-refractivity contribution in [2.24, 2.45) is 0 Å². The highest BCUT2D eigenvalue weighted by atomic mass is 32.2. The molecule has 33 heavy (non-hydrogen) atoms. The van der Waals surface area contributed by atoms with E-state index in [0.29, 0.717) is 35.2 Å². The summed E-state index contributed by atoms with van der Waals surface area (Å²) in [4.78, 5) is 10.9. The normalized spacial score (nSPS) is 15.1. The van der Waals surface area contributed by atoms with Gasteiger partial charge in [-0.05, 0) is 68.5 Å². The zero-order valence-corrected chi connectivity index (χ0v) is 20.0. The van der Waals surface area contributed by atoms with Gasteiger partial charge < -0.3 is 4.18 Å². The van der Waals surface area contributed by atoms with Crippen molar-refractivity contribution < 1.29 is 25.8 Å². The zero-order chi connectivity index (χ0) is 24.0. The van der Waals surface area contributed by atoms with Crippen molar-refractivity contribution in [1.29, 1.82) is 0 Å². The summed E-state index contributed by atoms with van der Waals surface area (Å²) < 4.78 is 58.1. The fourth-order valence-electron chi connectivity index (χ4n) is 3.87. The molecule has 10 heteroatoms. The number of fused-ring (bicyclic) bond motifs is 1. The van der Waals surface area contributed by atoms with Crippen molar-refractivity contribution in [3.05, 3.63) is 64.2 Å². The summed E-state index contributed by atoms with van der Waals surface area (Å²) >= 11 is 0. The number of aryl methyl sites for hydroxylation is 2. The van der Waals surface area contributed by atoms with Crippen molar-refractivity contribution in [1.82, 2.24) is 9.78 Å². The first-order valence-corrected chi connectivity index (χ1v) is 13.2. The predicted octanol–water partition coefficient (Wildman–Crippen LogP) is 3.39. The number of aromatic nitrogens is 2. The lowest BCUT2D eigenvalue weighted by atomic mass is 9.95. The molecule has 2 aromatic carbocycles. The first-order valence-electron chi connectivity index (χ1n) is 10.3. The van der Waals surface area contributed by atoms with Gasteiger partial charge in [0.2, 0.25) is 9.84 Å². The molecule has 0 atom stereocenters. The SMILES string of the molecule is CCn1cc(-c2ccc3c(c2C)CCC(=C=O)S3(=O)=O)c(OS(=O)(=O)c2ccc(C)cc2)n1. The standard InChI is InChI=1S/C23H22N2O6S2/c1-4-25-13-21(23(24-25)31-33(29,30)17-7-5-15(2)6-8-17)19-11-12-22-20(16(19)3)10-9-18(14-26)32(22,27)28/h5-8,11-13H,4,9-10H2,1-3H3. The molecule has 0 amide bonds. The summed E-state index contributed by atoms with van der Waals surface area (Å²) in [6.07, 6.45) is 2.10. The Morgan fingerprint density at radius 3 is 2.39 bits per heavy atom. The van der Waals surface area contributed by atoms with Crippen LogP contribution in [0.5, 0.6) is 5.88 Å². The van der Waals surface area contributed by atoms with E-state index in [-0.39, 0.29) is 27.0 Å². The van der Waals surface area contributed by atoms with Crippen LogP contribution in [0.1, 0.15) is 30.0 Å². The van der Waals surface area contributed by atoms with Crippen molar-refractivity contribution in [3.63, 3.8) is 0 Å². The van der Waals surface area contributed by atoms with Crippen molar-refractivity contribution in [3.8, 4) is 17.0 Å². The second-order valence-corrected chi connectivity index (χ2v) is 11.3. The molecule has 0 unspecified atom stereocenters. The van der Waals surface area contributed by atoms with E-state index in [1.54, 1.807) is 41.9 Å². The van der Waals surface area contributed by atoms with Gasteiger partial charge in [-0.15, -0.1) is 5.10 Å². The minimum atomic E-state index is -4.13. The predicted molar refractivity (Wildman–Crippen MR) is 122 cm³/mol. The maximum Gasteiger partial charge on any atom is 0.340 e. The first-order chi connectivity index (χ1) is 15.6. The van der Waals surface area contributed by atoms with E-state index in [2.05, 4.69) is 5.10 Å². The summed E-state index contributed by atoms with van der Waals surface area (Å²) in [6.45, 7) is 5.95. The van der Waals surface area contributed by atoms with E-state index in [1.807, 2.05) is 13.8 Å². The monoisotopic (exact) mass is 486 g/mol. The molecule has 0 saturated carbocycles. The lowest BCUT2D eigenvalue weighted by Crippen LogP contribution is -2.16. The van der Waals surface area contributed by atoms with E-state index in [0.717, 1.165) is 5.56 Å². The fraction of sp³-hybridized carbons (Fsp3) is 0.261. The third-order valence-electron chi connectivity index (χ3n) is 5.73. The van der Waals surface area contributed by atoms with E-state index < -0.39 is 20.0 Å². The third-order valence-corrected chi connectivity index (χ3v) is 8.85. The van der Waals surface area contributed by atoms with Gasteiger partial charge in [0.25, 0.3) is 5.88 Å². The molecule has 172 valence electrons. The minimum absolute atomic E-state index is 0.00605. The van der Waals surface area contributed by atoms with Crippen LogP contribution in [0.15, 0.2) is 57.3 Å². The van der Waals surface area contributed by atoms with Crippen LogP contribution in [0.3, 0.4) is 0 Å². The molecule has 1 aliphatic rings. The lowest BCUT2D eigenvalue weighted by molar-refractivity contribution is 0.468. The van der Waals surface area contributed by atoms with Gasteiger partial charge in [0, 0.05) is 12.7 Å². The van der Waals surface area contributed by atoms with E-state index in [4.69, 9.17) is 4.18 Å². The van der Waals surface area contributed by atoms with Gasteiger partial charge in [0.15, 0.2) is 0 Å². The van der Waals surface area contributed by atoms with Crippen LogP contribution in [-0.4, -0.2) is 32.6 Å². The summed E-state index contributed by atoms with van der Waals surface area (Å²) in [7, 11) is -8.02. The number of sulfone groups is 1. The Kier molecular flexibility index (Phi) is 5.78. The molecule has 4 rings (SSSR count). The molecule has 0 radical (unpaired) electrons. The highest BCUT2D eigenvalue weighted by molar-refractivity contribution is 7.95. The van der Waals surface area contributed by atoms with Gasteiger partial charge in [-0.3, -0.25) is 4.68 Å². The lowest BCUT2D eigenvalue weighted by Gasteiger charge is -2.21. The minimum Gasteiger partial charge on any atom is -0.356 e. The number of hydrogen-bond acceptors (Lipinski definition) is 7. The molecule has 0 fully saturated rings. The molecular weight excluding hydrogens is 464 g/mol. The fourth-order valence-corrected chi connectivity index (χ4v) is 6.34. The summed E-state index contributed by atoms with van der Waals surface area (Å²) in [5, 5.41) is 4.28. The number of benzene rings is 2. The molecular formula is C23H22N2O6S2. The van der Waals surface area contributed by atoms with Crippen LogP contribution in [0.2, 0.25) is 0 Å². The van der Waals surface area contributed by atoms with E-state index in [1.165, 1.54) is 18.2 Å². The van der Waals surface area contributed by atoms with Gasteiger partial charge in [-0.2, -0.15) is 8.42 Å². The van der Waals surface area contributed by atoms with Crippen LogP contribution in [0.4, 0.5) is 0 Å². The number of allylic oxidation sites excluding steroid dienone is 1. The molecule has 0 bridgehead atoms. The Morgan fingerprint density at radius 1 is 1.06 bits per heavy atom. The molecule has 8 nitrogen and oxygen atoms in total. The van der Waals surface area contributed by atoms with E-state index in [9.17, 15) is 21.6 Å². The Hall–Kier alpha value is -3.20. The average Bonchev–Trinajstić information content (AvgIpc) is 3.16. The molecule has 0 saturated heterocycles. The van der Waals surface area contributed by atoms with Crippen LogP contribution >= 0.6 is 0 Å². The second kappa shape index (κ2) is 8.30. The molecule has 1 aromatic heterocycles. The zero-order valence-electron chi connectivity index (χ0n) is 18.3. The number of nitrogens with zero attached hydrogens (tertiary/aromatic N) is 2. The quantitative estimate of drug-likeness (QED) is 0.401. The first kappa shape index (κ1) is 23.0. The van der Waals surface area contributed by atoms with Gasteiger partial charge in [0.05, 0.1) is 10.5 Å². The molecule has 1 aliphatic heterocycles. The molecule has 0 N–H and O–H groups in total. The second-order valence-electron chi connectivity index (χ2n) is 7.80. The molecule has 0 aliphatic carbocycles. The highest BCUT2D eigenvalue weighted by Crippen LogP contribution is 2.40. The van der Waals surface area contributed by atoms with Crippen LogP contribution in [0.25, 0.3) is 11.1 Å². The van der Waals surface area contributed by atoms with Crippen LogP contribution in [-0.2, 0) is 37.7 Å². The summed E-state index contributed by atoms with van der Waals surface area (Å²) in [6, 6.07) is 9.31. The number of rotatable bonds is 5. The van der Waals surface area contributed by atoms with Gasteiger partial charge >= 0.3 is 10.1 Å². The average molecular weight is 487 g/mol. The van der Waals surface area contributed by atoms with Gasteiger partial charge in [0.1, 0.15) is 15.7 Å². The largest absolute Gasteiger partial charge is 0.356 e. The van der Waals surface area contributed by atoms with Crippen molar-refractivity contribution in [2.75, 3.05) is 0 Å². The number of hydrogen-bond donors (Lipinski definition) is 0.